The van der Waals surface area contributed by atoms with Crippen molar-refractivity contribution in [3.05, 3.63) is 84.7 Å². The minimum absolute atomic E-state index is 0.269. The Bertz CT molecular complexity index is 1210. The van der Waals surface area contributed by atoms with Crippen molar-refractivity contribution in [2.75, 3.05) is 5.32 Å². The van der Waals surface area contributed by atoms with E-state index in [2.05, 4.69) is 20.4 Å². The number of nitrogens with zero attached hydrogens (tertiary/aromatic N) is 5. The van der Waals surface area contributed by atoms with Gasteiger partial charge in [0.05, 0.1) is 24.1 Å². The fourth-order valence-electron chi connectivity index (χ4n) is 3.06. The summed E-state index contributed by atoms with van der Waals surface area (Å²) in [6.07, 6.45) is 5.66. The first-order valence-corrected chi connectivity index (χ1v) is 8.53. The molecule has 5 aromatic rings. The van der Waals surface area contributed by atoms with E-state index in [-0.39, 0.29) is 5.82 Å². The molecule has 0 saturated carbocycles. The average molecular weight is 358 g/mol. The highest BCUT2D eigenvalue weighted by Crippen LogP contribution is 2.23. The third-order valence-electron chi connectivity index (χ3n) is 4.36. The smallest absolute Gasteiger partial charge is 0.157 e. The Morgan fingerprint density at radius 2 is 1.85 bits per heavy atom. The van der Waals surface area contributed by atoms with E-state index in [1.165, 1.54) is 12.1 Å². The number of hydrogen-bond donors (Lipinski definition) is 1. The molecule has 4 heterocycles. The fourth-order valence-corrected chi connectivity index (χ4v) is 3.06. The van der Waals surface area contributed by atoms with E-state index in [0.717, 1.165) is 28.4 Å². The number of benzene rings is 1. The second-order valence-corrected chi connectivity index (χ2v) is 6.19. The predicted octanol–water partition coefficient (Wildman–Crippen LogP) is 3.80. The number of fused-ring (bicyclic) bond motifs is 2. The fraction of sp³-hybridized carbons (Fsp3) is 0.0500. The van der Waals surface area contributed by atoms with Gasteiger partial charge in [0.25, 0.3) is 0 Å². The van der Waals surface area contributed by atoms with Gasteiger partial charge in [0, 0.05) is 30.1 Å². The molecule has 0 radical (unpaired) electrons. The molecule has 132 valence electrons. The molecule has 0 amide bonds. The van der Waals surface area contributed by atoms with Gasteiger partial charge in [-0.2, -0.15) is 9.61 Å². The first-order chi connectivity index (χ1) is 13.3. The lowest BCUT2D eigenvalue weighted by Gasteiger charge is -2.10. The quantitative estimate of drug-likeness (QED) is 0.531. The molecule has 1 N–H and O–H groups in total. The molecular weight excluding hydrogens is 343 g/mol. The molecule has 4 aromatic heterocycles. The summed E-state index contributed by atoms with van der Waals surface area (Å²) in [5, 5.41) is 7.71. The maximum Gasteiger partial charge on any atom is 0.157 e. The van der Waals surface area contributed by atoms with Crippen LogP contribution in [-0.2, 0) is 6.54 Å². The van der Waals surface area contributed by atoms with Gasteiger partial charge in [0.2, 0.25) is 0 Å². The van der Waals surface area contributed by atoms with Crippen LogP contribution in [0, 0.1) is 5.82 Å². The Morgan fingerprint density at radius 3 is 2.70 bits per heavy atom. The number of halogens is 1. The lowest BCUT2D eigenvalue weighted by molar-refractivity contribution is 0.628. The second kappa shape index (κ2) is 6.21. The molecule has 7 heteroatoms. The summed E-state index contributed by atoms with van der Waals surface area (Å²) in [7, 11) is 0. The summed E-state index contributed by atoms with van der Waals surface area (Å²) in [5.41, 5.74) is 4.13. The molecule has 1 aromatic carbocycles. The Kier molecular flexibility index (Phi) is 3.57. The zero-order chi connectivity index (χ0) is 18.2. The Morgan fingerprint density at radius 1 is 0.963 bits per heavy atom. The summed E-state index contributed by atoms with van der Waals surface area (Å²) < 4.78 is 16.9. The van der Waals surface area contributed by atoms with Crippen molar-refractivity contribution in [2.24, 2.45) is 0 Å². The van der Waals surface area contributed by atoms with Gasteiger partial charge < -0.3 is 9.72 Å². The normalized spacial score (nSPS) is 11.3. The predicted molar refractivity (Wildman–Crippen MR) is 101 cm³/mol. The molecule has 0 atom stereocenters. The summed E-state index contributed by atoms with van der Waals surface area (Å²) in [5.74, 6) is 0.524. The zero-order valence-corrected chi connectivity index (χ0v) is 14.2. The van der Waals surface area contributed by atoms with Gasteiger partial charge in [0.1, 0.15) is 17.3 Å². The van der Waals surface area contributed by atoms with Crippen molar-refractivity contribution in [3.8, 4) is 11.3 Å². The molecule has 0 saturated heterocycles. The molecule has 0 aliphatic rings. The molecule has 0 spiro atoms. The van der Waals surface area contributed by atoms with Crippen LogP contribution in [0.3, 0.4) is 0 Å². The first-order valence-electron chi connectivity index (χ1n) is 8.53. The van der Waals surface area contributed by atoms with E-state index in [1.807, 2.05) is 47.1 Å². The minimum atomic E-state index is -0.269. The van der Waals surface area contributed by atoms with E-state index in [4.69, 9.17) is 0 Å². The standard InChI is InChI=1S/C20H15FN6/c21-15-6-4-14(5-7-15)17-11-20(27-19(25-17)8-9-23-27)22-12-16-13-26-10-2-1-3-18(26)24-16/h1-11,13,22H,12H2. The van der Waals surface area contributed by atoms with Gasteiger partial charge in [0.15, 0.2) is 5.65 Å². The van der Waals surface area contributed by atoms with Crippen molar-refractivity contribution in [1.82, 2.24) is 24.0 Å². The van der Waals surface area contributed by atoms with Gasteiger partial charge in [-0.1, -0.05) is 6.07 Å². The van der Waals surface area contributed by atoms with Crippen LogP contribution in [0.2, 0.25) is 0 Å². The molecule has 0 aliphatic heterocycles. The Balaban J connectivity index is 1.49. The van der Waals surface area contributed by atoms with Crippen LogP contribution in [0.1, 0.15) is 5.69 Å². The van der Waals surface area contributed by atoms with Crippen molar-refractivity contribution < 1.29 is 4.39 Å². The molecule has 0 unspecified atom stereocenters. The van der Waals surface area contributed by atoms with E-state index in [1.54, 1.807) is 22.8 Å². The molecule has 0 bridgehead atoms. The minimum Gasteiger partial charge on any atom is -0.364 e. The van der Waals surface area contributed by atoms with Gasteiger partial charge >= 0.3 is 0 Å². The third-order valence-corrected chi connectivity index (χ3v) is 4.36. The number of nitrogens with one attached hydrogen (secondary N) is 1. The van der Waals surface area contributed by atoms with E-state index < -0.39 is 0 Å². The lowest BCUT2D eigenvalue weighted by Crippen LogP contribution is -2.07. The summed E-state index contributed by atoms with van der Waals surface area (Å²) in [6, 6.07) is 15.9. The number of hydrogen-bond acceptors (Lipinski definition) is 4. The van der Waals surface area contributed by atoms with Gasteiger partial charge in [-0.15, -0.1) is 0 Å². The monoisotopic (exact) mass is 358 g/mol. The molecular formula is C20H15FN6. The highest BCUT2D eigenvalue weighted by molar-refractivity contribution is 5.66. The van der Waals surface area contributed by atoms with Crippen LogP contribution in [0.4, 0.5) is 10.2 Å². The molecule has 0 aliphatic carbocycles. The molecule has 6 nitrogen and oxygen atoms in total. The van der Waals surface area contributed by atoms with Gasteiger partial charge in [-0.05, 0) is 36.4 Å². The van der Waals surface area contributed by atoms with E-state index in [0.29, 0.717) is 12.2 Å². The van der Waals surface area contributed by atoms with Crippen molar-refractivity contribution in [2.45, 2.75) is 6.54 Å². The van der Waals surface area contributed by atoms with Crippen molar-refractivity contribution >= 4 is 17.1 Å². The first kappa shape index (κ1) is 15.5. The zero-order valence-electron chi connectivity index (χ0n) is 14.2. The highest BCUT2D eigenvalue weighted by Gasteiger charge is 2.09. The second-order valence-electron chi connectivity index (χ2n) is 6.19. The lowest BCUT2D eigenvalue weighted by atomic mass is 10.1. The number of rotatable bonds is 4. The molecule has 27 heavy (non-hydrogen) atoms. The van der Waals surface area contributed by atoms with Crippen LogP contribution < -0.4 is 5.32 Å². The van der Waals surface area contributed by atoms with Crippen molar-refractivity contribution in [3.63, 3.8) is 0 Å². The summed E-state index contributed by atoms with van der Waals surface area (Å²) >= 11 is 0. The maximum absolute atomic E-state index is 13.2. The van der Waals surface area contributed by atoms with Crippen LogP contribution in [-0.4, -0.2) is 24.0 Å². The molecule has 5 rings (SSSR count). The number of imidazole rings is 1. The van der Waals surface area contributed by atoms with E-state index in [9.17, 15) is 4.39 Å². The van der Waals surface area contributed by atoms with E-state index >= 15 is 0 Å². The van der Waals surface area contributed by atoms with Crippen LogP contribution >= 0.6 is 0 Å². The average Bonchev–Trinajstić information content (AvgIpc) is 3.33. The topological polar surface area (TPSA) is 59.5 Å². The van der Waals surface area contributed by atoms with Gasteiger partial charge in [-0.25, -0.2) is 14.4 Å². The van der Waals surface area contributed by atoms with Crippen LogP contribution in [0.15, 0.2) is 73.2 Å². The maximum atomic E-state index is 13.2. The van der Waals surface area contributed by atoms with Crippen LogP contribution in [0.25, 0.3) is 22.6 Å². The summed E-state index contributed by atoms with van der Waals surface area (Å²) in [4.78, 5) is 9.20. The van der Waals surface area contributed by atoms with Gasteiger partial charge in [-0.3, -0.25) is 0 Å². The summed E-state index contributed by atoms with van der Waals surface area (Å²) in [6.45, 7) is 0.545. The highest BCUT2D eigenvalue weighted by atomic mass is 19.1. The number of aromatic nitrogens is 5. The largest absolute Gasteiger partial charge is 0.364 e. The SMILES string of the molecule is Fc1ccc(-c2cc(NCc3cn4ccccc4n3)n3nccc3n2)cc1. The Labute approximate surface area is 153 Å². The Hall–Kier alpha value is -3.74. The molecule has 0 fully saturated rings. The number of anilines is 1. The third kappa shape index (κ3) is 2.89. The van der Waals surface area contributed by atoms with Crippen LogP contribution in [0.5, 0.6) is 0 Å². The number of pyridine rings is 1. The van der Waals surface area contributed by atoms with Crippen molar-refractivity contribution in [1.29, 1.82) is 0 Å².